The maximum Gasteiger partial charge on any atom is 0.237 e. The van der Waals surface area contributed by atoms with Gasteiger partial charge in [0.05, 0.1) is 17.6 Å². The standard InChI is InChI=1S/C14H14N2O3S/c17-8-10(18)7-15-9-3-4-12-11(6-9)16-14(19-12)13-2-1-5-20-13/h1-6,10,15,17-18H,7-8H2. The Morgan fingerprint density at radius 2 is 2.25 bits per heavy atom. The van der Waals surface area contributed by atoms with E-state index in [0.29, 0.717) is 5.89 Å². The van der Waals surface area contributed by atoms with Gasteiger partial charge in [-0.05, 0) is 29.6 Å². The van der Waals surface area contributed by atoms with E-state index >= 15 is 0 Å². The van der Waals surface area contributed by atoms with Gasteiger partial charge in [0, 0.05) is 12.2 Å². The smallest absolute Gasteiger partial charge is 0.237 e. The van der Waals surface area contributed by atoms with Crippen molar-refractivity contribution in [3.63, 3.8) is 0 Å². The van der Waals surface area contributed by atoms with Crippen molar-refractivity contribution < 1.29 is 14.6 Å². The Kier molecular flexibility index (Phi) is 3.68. The maximum absolute atomic E-state index is 9.32. The minimum Gasteiger partial charge on any atom is -0.435 e. The van der Waals surface area contributed by atoms with Crippen LogP contribution < -0.4 is 5.32 Å². The van der Waals surface area contributed by atoms with E-state index < -0.39 is 6.10 Å². The van der Waals surface area contributed by atoms with Crippen molar-refractivity contribution in [2.75, 3.05) is 18.5 Å². The van der Waals surface area contributed by atoms with E-state index in [0.717, 1.165) is 21.7 Å². The van der Waals surface area contributed by atoms with Crippen LogP contribution in [0.2, 0.25) is 0 Å². The molecule has 3 rings (SSSR count). The highest BCUT2D eigenvalue weighted by molar-refractivity contribution is 7.13. The van der Waals surface area contributed by atoms with Crippen LogP contribution in [0.15, 0.2) is 40.1 Å². The van der Waals surface area contributed by atoms with Gasteiger partial charge in [0.2, 0.25) is 5.89 Å². The van der Waals surface area contributed by atoms with Gasteiger partial charge >= 0.3 is 0 Å². The molecule has 3 aromatic rings. The first-order valence-corrected chi connectivity index (χ1v) is 7.11. The average Bonchev–Trinajstić information content (AvgIpc) is 3.12. The Morgan fingerprint density at radius 3 is 3.00 bits per heavy atom. The monoisotopic (exact) mass is 290 g/mol. The molecule has 104 valence electrons. The lowest BCUT2D eigenvalue weighted by Gasteiger charge is -2.09. The number of benzene rings is 1. The summed E-state index contributed by atoms with van der Waals surface area (Å²) in [4.78, 5) is 5.45. The number of thiophene rings is 1. The van der Waals surface area contributed by atoms with Gasteiger partial charge in [-0.25, -0.2) is 4.98 Å². The van der Waals surface area contributed by atoms with Crippen LogP contribution >= 0.6 is 11.3 Å². The number of nitrogens with zero attached hydrogens (tertiary/aromatic N) is 1. The van der Waals surface area contributed by atoms with Gasteiger partial charge in [-0.3, -0.25) is 0 Å². The van der Waals surface area contributed by atoms with Gasteiger partial charge < -0.3 is 19.9 Å². The Morgan fingerprint density at radius 1 is 1.35 bits per heavy atom. The Balaban J connectivity index is 1.84. The van der Waals surface area contributed by atoms with Crippen LogP contribution in [0.25, 0.3) is 21.9 Å². The van der Waals surface area contributed by atoms with E-state index in [9.17, 15) is 5.11 Å². The second-order valence-corrected chi connectivity index (χ2v) is 5.34. The van der Waals surface area contributed by atoms with Crippen LogP contribution in [-0.2, 0) is 0 Å². The van der Waals surface area contributed by atoms with Crippen molar-refractivity contribution >= 4 is 28.1 Å². The number of anilines is 1. The molecule has 0 aliphatic carbocycles. The van der Waals surface area contributed by atoms with E-state index in [1.807, 2.05) is 35.7 Å². The van der Waals surface area contributed by atoms with Gasteiger partial charge in [0.25, 0.3) is 0 Å². The molecule has 3 N–H and O–H groups in total. The summed E-state index contributed by atoms with van der Waals surface area (Å²) in [7, 11) is 0. The van der Waals surface area contributed by atoms with Crippen LogP contribution in [0.1, 0.15) is 0 Å². The third-order valence-corrected chi connectivity index (χ3v) is 3.73. The number of nitrogens with one attached hydrogen (secondary N) is 1. The molecule has 20 heavy (non-hydrogen) atoms. The highest BCUT2D eigenvalue weighted by atomic mass is 32.1. The molecule has 1 unspecified atom stereocenters. The fraction of sp³-hybridized carbons (Fsp3) is 0.214. The molecule has 2 heterocycles. The summed E-state index contributed by atoms with van der Waals surface area (Å²) in [5.74, 6) is 0.613. The van der Waals surface area contributed by atoms with Crippen LogP contribution in [0.3, 0.4) is 0 Å². The molecular formula is C14H14N2O3S. The van der Waals surface area contributed by atoms with Gasteiger partial charge in [-0.1, -0.05) is 6.07 Å². The van der Waals surface area contributed by atoms with Gasteiger partial charge in [-0.15, -0.1) is 11.3 Å². The number of fused-ring (bicyclic) bond motifs is 1. The Labute approximate surface area is 119 Å². The highest BCUT2D eigenvalue weighted by Gasteiger charge is 2.09. The van der Waals surface area contributed by atoms with E-state index in [1.54, 1.807) is 11.3 Å². The molecule has 0 fully saturated rings. The molecule has 2 aromatic heterocycles. The first kappa shape index (κ1) is 13.1. The second kappa shape index (κ2) is 5.62. The van der Waals surface area contributed by atoms with E-state index in [2.05, 4.69) is 10.3 Å². The SMILES string of the molecule is OCC(O)CNc1ccc2oc(-c3cccs3)nc2c1. The zero-order valence-electron chi connectivity index (χ0n) is 10.6. The van der Waals surface area contributed by atoms with Gasteiger partial charge in [0.1, 0.15) is 5.52 Å². The van der Waals surface area contributed by atoms with Crippen molar-refractivity contribution in [2.45, 2.75) is 6.10 Å². The van der Waals surface area contributed by atoms with E-state index in [-0.39, 0.29) is 13.2 Å². The summed E-state index contributed by atoms with van der Waals surface area (Å²) in [6.45, 7) is 0.0272. The zero-order chi connectivity index (χ0) is 13.9. The van der Waals surface area contributed by atoms with E-state index in [1.165, 1.54) is 0 Å². The van der Waals surface area contributed by atoms with Crippen molar-refractivity contribution in [1.82, 2.24) is 4.98 Å². The van der Waals surface area contributed by atoms with Crippen molar-refractivity contribution in [2.24, 2.45) is 0 Å². The lowest BCUT2D eigenvalue weighted by atomic mass is 10.2. The Bertz CT molecular complexity index is 694. The normalized spacial score (nSPS) is 12.7. The third-order valence-electron chi connectivity index (χ3n) is 2.87. The van der Waals surface area contributed by atoms with Crippen LogP contribution in [0, 0.1) is 0 Å². The van der Waals surface area contributed by atoms with Crippen molar-refractivity contribution in [1.29, 1.82) is 0 Å². The molecule has 0 saturated heterocycles. The predicted octanol–water partition coefficient (Wildman–Crippen LogP) is 2.32. The summed E-state index contributed by atoms with van der Waals surface area (Å²) in [6, 6.07) is 9.48. The largest absolute Gasteiger partial charge is 0.435 e. The summed E-state index contributed by atoms with van der Waals surface area (Å²) in [5, 5.41) is 23.1. The van der Waals surface area contributed by atoms with Crippen molar-refractivity contribution in [3.05, 3.63) is 35.7 Å². The molecule has 0 radical (unpaired) electrons. The number of aliphatic hydroxyl groups is 2. The number of hydrogen-bond donors (Lipinski definition) is 3. The minimum atomic E-state index is -0.773. The molecule has 0 aliphatic heterocycles. The van der Waals surface area contributed by atoms with Crippen molar-refractivity contribution in [3.8, 4) is 10.8 Å². The number of oxazole rings is 1. The molecule has 5 nitrogen and oxygen atoms in total. The molecule has 0 saturated carbocycles. The lowest BCUT2D eigenvalue weighted by Crippen LogP contribution is -2.22. The summed E-state index contributed by atoms with van der Waals surface area (Å²) < 4.78 is 5.70. The fourth-order valence-electron chi connectivity index (χ4n) is 1.84. The highest BCUT2D eigenvalue weighted by Crippen LogP contribution is 2.28. The lowest BCUT2D eigenvalue weighted by molar-refractivity contribution is 0.105. The molecule has 0 spiro atoms. The topological polar surface area (TPSA) is 78.5 Å². The third kappa shape index (κ3) is 2.67. The first-order valence-electron chi connectivity index (χ1n) is 6.23. The summed E-state index contributed by atoms with van der Waals surface area (Å²) >= 11 is 1.58. The van der Waals surface area contributed by atoms with Gasteiger partial charge in [0.15, 0.2) is 5.58 Å². The maximum atomic E-state index is 9.32. The molecule has 6 heteroatoms. The van der Waals surface area contributed by atoms with E-state index in [4.69, 9.17) is 9.52 Å². The Hall–Kier alpha value is -1.89. The number of hydrogen-bond acceptors (Lipinski definition) is 6. The molecule has 1 atom stereocenters. The molecular weight excluding hydrogens is 276 g/mol. The molecule has 0 bridgehead atoms. The van der Waals surface area contributed by atoms with Gasteiger partial charge in [-0.2, -0.15) is 0 Å². The second-order valence-electron chi connectivity index (χ2n) is 4.40. The molecule has 1 aromatic carbocycles. The summed E-state index contributed by atoms with van der Waals surface area (Å²) in [6.07, 6.45) is -0.773. The molecule has 0 aliphatic rings. The van der Waals surface area contributed by atoms with Crippen LogP contribution in [0.4, 0.5) is 5.69 Å². The zero-order valence-corrected chi connectivity index (χ0v) is 11.4. The predicted molar refractivity (Wildman–Crippen MR) is 78.9 cm³/mol. The van der Waals surface area contributed by atoms with Crippen LogP contribution in [-0.4, -0.2) is 34.5 Å². The number of rotatable bonds is 5. The fourth-order valence-corrected chi connectivity index (χ4v) is 2.49. The number of aromatic nitrogens is 1. The molecule has 0 amide bonds. The van der Waals surface area contributed by atoms with Crippen LogP contribution in [0.5, 0.6) is 0 Å². The average molecular weight is 290 g/mol. The quantitative estimate of drug-likeness (QED) is 0.672. The summed E-state index contributed by atoms with van der Waals surface area (Å²) in [5.41, 5.74) is 2.31. The minimum absolute atomic E-state index is 0.262. The first-order chi connectivity index (χ1) is 9.76. The number of aliphatic hydroxyl groups excluding tert-OH is 2.